The Morgan fingerprint density at radius 1 is 1.39 bits per heavy atom. The summed E-state index contributed by atoms with van der Waals surface area (Å²) in [5, 5.41) is 6.71. The minimum absolute atomic E-state index is 0.221. The van der Waals surface area contributed by atoms with Gasteiger partial charge in [0.2, 0.25) is 11.9 Å². The Kier molecular flexibility index (Phi) is 2.53. The maximum absolute atomic E-state index is 12.2. The summed E-state index contributed by atoms with van der Waals surface area (Å²) in [5.41, 5.74) is 0.221. The Hall–Kier alpha value is -1.59. The van der Waals surface area contributed by atoms with Gasteiger partial charge in [-0.2, -0.15) is 10.1 Å². The number of anilines is 1. The Morgan fingerprint density at radius 3 is 2.56 bits per heavy atom. The lowest BCUT2D eigenvalue weighted by molar-refractivity contribution is -0.133. The molecule has 3 rings (SSSR count). The molecule has 2 aliphatic rings. The molecular weight excluding hydrogens is 230 g/mol. The van der Waals surface area contributed by atoms with Crippen LogP contribution in [0.4, 0.5) is 5.95 Å². The van der Waals surface area contributed by atoms with Crippen molar-refractivity contribution >= 4 is 11.9 Å². The first-order valence-corrected chi connectivity index (χ1v) is 6.47. The third-order valence-corrected chi connectivity index (χ3v) is 4.10. The zero-order chi connectivity index (χ0) is 12.8. The molecule has 1 atom stereocenters. The summed E-state index contributed by atoms with van der Waals surface area (Å²) in [7, 11) is 0. The molecule has 1 saturated heterocycles. The van der Waals surface area contributed by atoms with Gasteiger partial charge in [-0.25, -0.2) is 5.10 Å². The summed E-state index contributed by atoms with van der Waals surface area (Å²) in [5.74, 6) is 1.38. The Bertz CT molecular complexity index is 433. The largest absolute Gasteiger partial charge is 0.339 e. The van der Waals surface area contributed by atoms with Gasteiger partial charge in [-0.15, -0.1) is 0 Å². The highest BCUT2D eigenvalue weighted by molar-refractivity contribution is 5.82. The maximum atomic E-state index is 12.2. The number of nitrogens with one attached hydrogen (secondary N) is 1. The summed E-state index contributed by atoms with van der Waals surface area (Å²) in [4.78, 5) is 20.5. The number of nitrogens with zero attached hydrogens (tertiary/aromatic N) is 4. The lowest BCUT2D eigenvalue weighted by atomic mass is 10.1. The zero-order valence-electron chi connectivity index (χ0n) is 10.9. The van der Waals surface area contributed by atoms with Crippen LogP contribution < -0.4 is 4.90 Å². The first-order valence-electron chi connectivity index (χ1n) is 6.47. The van der Waals surface area contributed by atoms with Gasteiger partial charge in [0.25, 0.3) is 0 Å². The number of carbonyl (C=O) groups is 1. The summed E-state index contributed by atoms with van der Waals surface area (Å²) >= 11 is 0. The molecule has 2 fully saturated rings. The molecule has 1 unspecified atom stereocenters. The molecule has 98 valence electrons. The molecule has 0 radical (unpaired) electrons. The van der Waals surface area contributed by atoms with E-state index < -0.39 is 0 Å². The predicted molar refractivity (Wildman–Crippen MR) is 67.1 cm³/mol. The van der Waals surface area contributed by atoms with Crippen LogP contribution in [0, 0.1) is 11.3 Å². The summed E-state index contributed by atoms with van der Waals surface area (Å²) in [6.45, 7) is 7.56. The Morgan fingerprint density at radius 2 is 2.06 bits per heavy atom. The number of hydrogen-bond donors (Lipinski definition) is 1. The SMILES string of the molecule is CC1(C)CC1C(=O)N1CCN(c2ncn[nH]2)CC1. The van der Waals surface area contributed by atoms with Gasteiger partial charge in [-0.05, 0) is 11.8 Å². The average molecular weight is 249 g/mol. The molecule has 1 saturated carbocycles. The van der Waals surface area contributed by atoms with Crippen molar-refractivity contribution in [1.82, 2.24) is 20.1 Å². The van der Waals surface area contributed by atoms with E-state index in [4.69, 9.17) is 0 Å². The van der Waals surface area contributed by atoms with Gasteiger partial charge in [-0.1, -0.05) is 13.8 Å². The fraction of sp³-hybridized carbons (Fsp3) is 0.750. The molecule has 0 bridgehead atoms. The normalized spacial score (nSPS) is 26.2. The first-order chi connectivity index (χ1) is 8.58. The van der Waals surface area contributed by atoms with E-state index in [1.165, 1.54) is 6.33 Å². The second-order valence-electron chi connectivity index (χ2n) is 5.87. The average Bonchev–Trinajstić information content (AvgIpc) is 2.82. The van der Waals surface area contributed by atoms with Crippen molar-refractivity contribution in [2.75, 3.05) is 31.1 Å². The van der Waals surface area contributed by atoms with Gasteiger partial charge < -0.3 is 9.80 Å². The van der Waals surface area contributed by atoms with Crippen LogP contribution in [0.5, 0.6) is 0 Å². The van der Waals surface area contributed by atoms with E-state index in [1.807, 2.05) is 4.90 Å². The van der Waals surface area contributed by atoms with E-state index in [2.05, 4.69) is 33.9 Å². The third-order valence-electron chi connectivity index (χ3n) is 4.10. The topological polar surface area (TPSA) is 65.1 Å². The molecular formula is C12H19N5O. The number of aromatic nitrogens is 3. The Balaban J connectivity index is 1.56. The molecule has 1 aliphatic carbocycles. The fourth-order valence-corrected chi connectivity index (χ4v) is 2.60. The van der Waals surface area contributed by atoms with E-state index in [-0.39, 0.29) is 11.3 Å². The second kappa shape index (κ2) is 3.96. The van der Waals surface area contributed by atoms with Crippen molar-refractivity contribution in [3.05, 3.63) is 6.33 Å². The van der Waals surface area contributed by atoms with Crippen LogP contribution in [-0.2, 0) is 4.79 Å². The van der Waals surface area contributed by atoms with Crippen LogP contribution in [0.15, 0.2) is 6.33 Å². The van der Waals surface area contributed by atoms with E-state index >= 15 is 0 Å². The molecule has 1 N–H and O–H groups in total. The molecule has 18 heavy (non-hydrogen) atoms. The summed E-state index contributed by atoms with van der Waals surface area (Å²) in [6.07, 6.45) is 2.55. The smallest absolute Gasteiger partial charge is 0.226 e. The molecule has 6 nitrogen and oxygen atoms in total. The van der Waals surface area contributed by atoms with Crippen LogP contribution in [-0.4, -0.2) is 52.2 Å². The minimum Gasteiger partial charge on any atom is -0.339 e. The van der Waals surface area contributed by atoms with Gasteiger partial charge in [0.15, 0.2) is 0 Å². The van der Waals surface area contributed by atoms with Crippen LogP contribution in [0.3, 0.4) is 0 Å². The summed E-state index contributed by atoms with van der Waals surface area (Å²) in [6, 6.07) is 0. The van der Waals surface area contributed by atoms with E-state index in [0.29, 0.717) is 5.91 Å². The molecule has 1 aliphatic heterocycles. The first kappa shape index (κ1) is 11.5. The van der Waals surface area contributed by atoms with E-state index in [0.717, 1.165) is 38.5 Å². The fourth-order valence-electron chi connectivity index (χ4n) is 2.60. The highest BCUT2D eigenvalue weighted by Gasteiger charge is 2.52. The van der Waals surface area contributed by atoms with E-state index in [9.17, 15) is 4.79 Å². The highest BCUT2D eigenvalue weighted by atomic mass is 16.2. The predicted octanol–water partition coefficient (Wildman–Crippen LogP) is 0.499. The second-order valence-corrected chi connectivity index (χ2v) is 5.87. The number of carbonyl (C=O) groups excluding carboxylic acids is 1. The maximum Gasteiger partial charge on any atom is 0.226 e. The van der Waals surface area contributed by atoms with Crippen molar-refractivity contribution < 1.29 is 4.79 Å². The molecule has 1 amide bonds. The van der Waals surface area contributed by atoms with Gasteiger partial charge in [0.05, 0.1) is 0 Å². The monoisotopic (exact) mass is 249 g/mol. The number of hydrogen-bond acceptors (Lipinski definition) is 4. The standard InChI is InChI=1S/C12H19N5O/c1-12(2)7-9(12)10(18)16-3-5-17(6-4-16)11-13-8-14-15-11/h8-9H,3-7H2,1-2H3,(H,13,14,15). The van der Waals surface area contributed by atoms with Crippen molar-refractivity contribution in [3.8, 4) is 0 Å². The number of piperazine rings is 1. The van der Waals surface area contributed by atoms with Crippen LogP contribution in [0.1, 0.15) is 20.3 Å². The van der Waals surface area contributed by atoms with Gasteiger partial charge in [0.1, 0.15) is 6.33 Å². The lowest BCUT2D eigenvalue weighted by Crippen LogP contribution is -2.49. The van der Waals surface area contributed by atoms with Crippen molar-refractivity contribution in [2.24, 2.45) is 11.3 Å². The number of H-pyrrole nitrogens is 1. The molecule has 1 aromatic heterocycles. The van der Waals surface area contributed by atoms with Crippen LogP contribution >= 0.6 is 0 Å². The van der Waals surface area contributed by atoms with Gasteiger partial charge in [-0.3, -0.25) is 4.79 Å². The molecule has 6 heteroatoms. The van der Waals surface area contributed by atoms with Gasteiger partial charge >= 0.3 is 0 Å². The quantitative estimate of drug-likeness (QED) is 0.829. The molecule has 2 heterocycles. The molecule has 0 spiro atoms. The van der Waals surface area contributed by atoms with E-state index in [1.54, 1.807) is 0 Å². The minimum atomic E-state index is 0.221. The molecule has 0 aromatic carbocycles. The van der Waals surface area contributed by atoms with Crippen molar-refractivity contribution in [3.63, 3.8) is 0 Å². The van der Waals surface area contributed by atoms with Crippen molar-refractivity contribution in [2.45, 2.75) is 20.3 Å². The third kappa shape index (κ3) is 1.95. The van der Waals surface area contributed by atoms with Gasteiger partial charge in [0, 0.05) is 32.1 Å². The Labute approximate surface area is 106 Å². The van der Waals surface area contributed by atoms with Crippen molar-refractivity contribution in [1.29, 1.82) is 0 Å². The number of amides is 1. The lowest BCUT2D eigenvalue weighted by Gasteiger charge is -2.34. The zero-order valence-corrected chi connectivity index (χ0v) is 10.9. The highest BCUT2D eigenvalue weighted by Crippen LogP contribution is 2.52. The number of aromatic amines is 1. The van der Waals surface area contributed by atoms with Crippen LogP contribution in [0.2, 0.25) is 0 Å². The molecule has 1 aromatic rings. The summed E-state index contributed by atoms with van der Waals surface area (Å²) < 4.78 is 0. The number of rotatable bonds is 2. The van der Waals surface area contributed by atoms with Crippen LogP contribution in [0.25, 0.3) is 0 Å².